The first-order valence-corrected chi connectivity index (χ1v) is 7.47. The second-order valence-electron chi connectivity index (χ2n) is 6.09. The normalized spacial score (nSPS) is 17.8. The number of likely N-dealkylation sites (tertiary alicyclic amines) is 1. The van der Waals surface area contributed by atoms with Gasteiger partial charge in [-0.2, -0.15) is 0 Å². The van der Waals surface area contributed by atoms with Gasteiger partial charge in [-0.15, -0.1) is 0 Å². The maximum atomic E-state index is 5.88. The predicted molar refractivity (Wildman–Crippen MR) is 84.5 cm³/mol. The van der Waals surface area contributed by atoms with Crippen LogP contribution in [0.2, 0.25) is 0 Å². The van der Waals surface area contributed by atoms with Gasteiger partial charge in [0, 0.05) is 11.6 Å². The molecule has 5 nitrogen and oxygen atoms in total. The Morgan fingerprint density at radius 2 is 1.62 bits per heavy atom. The predicted octanol–water partition coefficient (Wildman–Crippen LogP) is 2.08. The highest BCUT2D eigenvalue weighted by atomic mass is 16.5. The summed E-state index contributed by atoms with van der Waals surface area (Å²) in [6.45, 7) is 6.70. The molecule has 1 heterocycles. The molecule has 1 aromatic carbocycles. The second-order valence-corrected chi connectivity index (χ2v) is 6.09. The zero-order chi connectivity index (χ0) is 15.5. The Morgan fingerprint density at radius 1 is 1.10 bits per heavy atom. The lowest BCUT2D eigenvalue weighted by Crippen LogP contribution is -2.53. The number of benzene rings is 1. The quantitative estimate of drug-likeness (QED) is 0.621. The first-order valence-electron chi connectivity index (χ1n) is 7.47. The Hall–Kier alpha value is -1.30. The van der Waals surface area contributed by atoms with Gasteiger partial charge in [-0.3, -0.25) is 16.2 Å². The molecular weight excluding hydrogens is 266 g/mol. The highest BCUT2D eigenvalue weighted by Gasteiger charge is 2.37. The molecule has 1 unspecified atom stereocenters. The topological polar surface area (TPSA) is 59.8 Å². The molecule has 1 aliphatic heterocycles. The van der Waals surface area contributed by atoms with Crippen LogP contribution in [0.15, 0.2) is 18.2 Å². The molecule has 1 atom stereocenters. The van der Waals surface area contributed by atoms with Crippen molar-refractivity contribution in [3.05, 3.63) is 23.8 Å². The first kappa shape index (κ1) is 16.1. The lowest BCUT2D eigenvalue weighted by molar-refractivity contribution is 0.107. The van der Waals surface area contributed by atoms with E-state index in [1.807, 2.05) is 18.2 Å². The number of nitrogens with one attached hydrogen (secondary N) is 1. The van der Waals surface area contributed by atoms with Crippen LogP contribution in [0, 0.1) is 0 Å². The molecule has 2 rings (SSSR count). The fourth-order valence-corrected chi connectivity index (χ4v) is 3.18. The molecular formula is C16H27N3O2. The minimum atomic E-state index is -0.0807. The molecule has 1 aromatic rings. The number of methoxy groups -OCH3 is 2. The number of hydrazine groups is 1. The fraction of sp³-hybridized carbons (Fsp3) is 0.625. The van der Waals surface area contributed by atoms with Crippen LogP contribution >= 0.6 is 0 Å². The molecule has 1 fully saturated rings. The average Bonchev–Trinajstić information content (AvgIpc) is 3.02. The van der Waals surface area contributed by atoms with Crippen LogP contribution < -0.4 is 20.7 Å². The van der Waals surface area contributed by atoms with Gasteiger partial charge in [-0.25, -0.2) is 0 Å². The Balaban J connectivity index is 2.35. The minimum absolute atomic E-state index is 0.000370. The molecule has 0 amide bonds. The number of nitrogens with zero attached hydrogens (tertiary/aromatic N) is 1. The summed E-state index contributed by atoms with van der Waals surface area (Å²) in [5.74, 6) is 7.44. The second kappa shape index (κ2) is 6.64. The van der Waals surface area contributed by atoms with Gasteiger partial charge < -0.3 is 9.47 Å². The lowest BCUT2D eigenvalue weighted by atomic mass is 9.87. The van der Waals surface area contributed by atoms with E-state index in [0.29, 0.717) is 0 Å². The van der Waals surface area contributed by atoms with E-state index in [4.69, 9.17) is 15.3 Å². The largest absolute Gasteiger partial charge is 0.497 e. The van der Waals surface area contributed by atoms with Crippen molar-refractivity contribution >= 4 is 0 Å². The first-order chi connectivity index (χ1) is 10.0. The molecule has 1 aliphatic rings. The summed E-state index contributed by atoms with van der Waals surface area (Å²) in [6.07, 6.45) is 2.50. The van der Waals surface area contributed by atoms with Gasteiger partial charge in [0.1, 0.15) is 11.5 Å². The summed E-state index contributed by atoms with van der Waals surface area (Å²) in [5.41, 5.74) is 3.98. The van der Waals surface area contributed by atoms with E-state index in [2.05, 4.69) is 24.2 Å². The van der Waals surface area contributed by atoms with Crippen molar-refractivity contribution in [1.29, 1.82) is 0 Å². The Labute approximate surface area is 127 Å². The third-order valence-corrected chi connectivity index (χ3v) is 4.50. The standard InChI is InChI=1S/C16H27N3O2/c1-16(2,19-7-5-6-8-19)15(18-17)12-9-13(20-3)11-14(10-12)21-4/h9-11,15,18H,5-8,17H2,1-4H3. The van der Waals surface area contributed by atoms with Gasteiger partial charge >= 0.3 is 0 Å². The van der Waals surface area contributed by atoms with Gasteiger partial charge in [0.2, 0.25) is 0 Å². The highest BCUT2D eigenvalue weighted by molar-refractivity contribution is 5.40. The molecule has 0 aliphatic carbocycles. The zero-order valence-electron chi connectivity index (χ0n) is 13.5. The van der Waals surface area contributed by atoms with Crippen molar-refractivity contribution in [2.45, 2.75) is 38.3 Å². The monoisotopic (exact) mass is 293 g/mol. The summed E-state index contributed by atoms with van der Waals surface area (Å²) in [5, 5.41) is 0. The van der Waals surface area contributed by atoms with Crippen LogP contribution in [0.1, 0.15) is 38.3 Å². The van der Waals surface area contributed by atoms with Crippen molar-refractivity contribution in [2.75, 3.05) is 27.3 Å². The van der Waals surface area contributed by atoms with Gasteiger partial charge in [0.25, 0.3) is 0 Å². The number of nitrogens with two attached hydrogens (primary N) is 1. The van der Waals surface area contributed by atoms with Gasteiger partial charge in [0.05, 0.1) is 20.3 Å². The SMILES string of the molecule is COc1cc(OC)cc(C(NN)C(C)(C)N2CCCC2)c1. The summed E-state index contributed by atoms with van der Waals surface area (Å²) < 4.78 is 10.7. The lowest BCUT2D eigenvalue weighted by Gasteiger charge is -2.42. The summed E-state index contributed by atoms with van der Waals surface area (Å²) in [6, 6.07) is 5.91. The molecule has 0 radical (unpaired) electrons. The van der Waals surface area contributed by atoms with E-state index < -0.39 is 0 Å². The molecule has 5 heteroatoms. The summed E-state index contributed by atoms with van der Waals surface area (Å²) in [4.78, 5) is 2.49. The molecule has 3 N–H and O–H groups in total. The van der Waals surface area contributed by atoms with E-state index in [9.17, 15) is 0 Å². The molecule has 0 aromatic heterocycles. The maximum absolute atomic E-state index is 5.88. The van der Waals surface area contributed by atoms with Gasteiger partial charge in [0.15, 0.2) is 0 Å². The fourth-order valence-electron chi connectivity index (χ4n) is 3.18. The summed E-state index contributed by atoms with van der Waals surface area (Å²) in [7, 11) is 3.32. The molecule has 0 bridgehead atoms. The van der Waals surface area contributed by atoms with Crippen LogP contribution in [0.4, 0.5) is 0 Å². The van der Waals surface area contributed by atoms with Crippen LogP contribution in [-0.4, -0.2) is 37.7 Å². The number of hydrogen-bond acceptors (Lipinski definition) is 5. The minimum Gasteiger partial charge on any atom is -0.497 e. The number of rotatable bonds is 6. The highest BCUT2D eigenvalue weighted by Crippen LogP contribution is 2.36. The van der Waals surface area contributed by atoms with Crippen LogP contribution in [0.25, 0.3) is 0 Å². The van der Waals surface area contributed by atoms with E-state index in [1.54, 1.807) is 14.2 Å². The molecule has 0 saturated carbocycles. The van der Waals surface area contributed by atoms with Crippen molar-refractivity contribution in [1.82, 2.24) is 10.3 Å². The average molecular weight is 293 g/mol. The molecule has 0 spiro atoms. The van der Waals surface area contributed by atoms with Crippen molar-refractivity contribution < 1.29 is 9.47 Å². The molecule has 118 valence electrons. The smallest absolute Gasteiger partial charge is 0.122 e. The Bertz CT molecular complexity index is 448. The molecule has 21 heavy (non-hydrogen) atoms. The van der Waals surface area contributed by atoms with Crippen molar-refractivity contribution in [3.8, 4) is 11.5 Å². The van der Waals surface area contributed by atoms with Crippen LogP contribution in [0.3, 0.4) is 0 Å². The van der Waals surface area contributed by atoms with E-state index in [0.717, 1.165) is 30.2 Å². The third kappa shape index (κ3) is 3.31. The Morgan fingerprint density at radius 3 is 2.05 bits per heavy atom. The van der Waals surface area contributed by atoms with E-state index >= 15 is 0 Å². The third-order valence-electron chi connectivity index (χ3n) is 4.50. The van der Waals surface area contributed by atoms with E-state index in [-0.39, 0.29) is 11.6 Å². The van der Waals surface area contributed by atoms with Gasteiger partial charge in [-0.05, 0) is 57.5 Å². The van der Waals surface area contributed by atoms with Gasteiger partial charge in [-0.1, -0.05) is 0 Å². The van der Waals surface area contributed by atoms with E-state index in [1.165, 1.54) is 12.8 Å². The van der Waals surface area contributed by atoms with Crippen LogP contribution in [0.5, 0.6) is 11.5 Å². The zero-order valence-corrected chi connectivity index (χ0v) is 13.5. The maximum Gasteiger partial charge on any atom is 0.122 e. The number of hydrogen-bond donors (Lipinski definition) is 2. The van der Waals surface area contributed by atoms with Crippen molar-refractivity contribution in [3.63, 3.8) is 0 Å². The van der Waals surface area contributed by atoms with Crippen LogP contribution in [-0.2, 0) is 0 Å². The summed E-state index contributed by atoms with van der Waals surface area (Å²) >= 11 is 0. The Kier molecular flexibility index (Phi) is 5.08. The molecule has 1 saturated heterocycles. The number of ether oxygens (including phenoxy) is 2. The van der Waals surface area contributed by atoms with Crippen molar-refractivity contribution in [2.24, 2.45) is 5.84 Å².